The second kappa shape index (κ2) is 3.92. The minimum absolute atomic E-state index is 0.154. The number of nitrogens with zero attached hydrogens (tertiary/aromatic N) is 1. The molecule has 0 N–H and O–H groups in total. The number of hydrogen-bond donors (Lipinski definition) is 0. The fourth-order valence-corrected chi connectivity index (χ4v) is 2.37. The molecule has 0 fully saturated rings. The molecule has 0 saturated heterocycles. The van der Waals surface area contributed by atoms with Crippen LogP contribution in [0.25, 0.3) is 0 Å². The van der Waals surface area contributed by atoms with Crippen LogP contribution >= 0.6 is 0 Å². The highest BCUT2D eigenvalue weighted by Crippen LogP contribution is 2.31. The molecule has 0 radical (unpaired) electrons. The van der Waals surface area contributed by atoms with E-state index in [0.717, 1.165) is 24.8 Å². The van der Waals surface area contributed by atoms with Gasteiger partial charge in [-0.1, -0.05) is 24.3 Å². The van der Waals surface area contributed by atoms with Crippen LogP contribution in [0.15, 0.2) is 28.6 Å². The topological polar surface area (TPSA) is 46.5 Å². The number of benzene rings is 1. The second-order valence-electron chi connectivity index (χ2n) is 3.43. The van der Waals surface area contributed by atoms with Gasteiger partial charge >= 0.3 is 10.5 Å². The van der Waals surface area contributed by atoms with E-state index in [1.165, 1.54) is 5.56 Å². The standard InChI is InChI=1S/C10H11NO2S/c12-14(13)11-10-7-3-5-8-4-1-2-6-9(8)10/h1-2,4,6,10H,3,5,7H2. The lowest BCUT2D eigenvalue weighted by molar-refractivity contribution is 0.564. The molecule has 0 spiro atoms. The van der Waals surface area contributed by atoms with E-state index in [1.807, 2.05) is 24.3 Å². The van der Waals surface area contributed by atoms with Crippen molar-refractivity contribution in [1.29, 1.82) is 0 Å². The van der Waals surface area contributed by atoms with Crippen LogP contribution in [0, 0.1) is 0 Å². The molecule has 2 rings (SSSR count). The molecule has 0 bridgehead atoms. The quantitative estimate of drug-likeness (QED) is 0.711. The van der Waals surface area contributed by atoms with Crippen LogP contribution in [-0.2, 0) is 16.9 Å². The van der Waals surface area contributed by atoms with Crippen LogP contribution in [0.5, 0.6) is 0 Å². The molecule has 74 valence electrons. The highest BCUT2D eigenvalue weighted by Gasteiger charge is 2.18. The lowest BCUT2D eigenvalue weighted by atomic mass is 9.88. The van der Waals surface area contributed by atoms with Gasteiger partial charge in [-0.05, 0) is 30.4 Å². The molecule has 0 aliphatic heterocycles. The minimum atomic E-state index is -2.30. The average Bonchev–Trinajstić information content (AvgIpc) is 2.18. The fourth-order valence-electron chi connectivity index (χ4n) is 1.94. The van der Waals surface area contributed by atoms with Gasteiger partial charge in [-0.15, -0.1) is 0 Å². The molecule has 0 heterocycles. The van der Waals surface area contributed by atoms with Gasteiger partial charge in [0.15, 0.2) is 0 Å². The van der Waals surface area contributed by atoms with E-state index in [2.05, 4.69) is 4.36 Å². The van der Waals surface area contributed by atoms with Gasteiger partial charge in [-0.3, -0.25) is 0 Å². The van der Waals surface area contributed by atoms with E-state index in [4.69, 9.17) is 0 Å². The average molecular weight is 209 g/mol. The van der Waals surface area contributed by atoms with Gasteiger partial charge in [0.2, 0.25) is 0 Å². The maximum Gasteiger partial charge on any atom is 0.311 e. The van der Waals surface area contributed by atoms with E-state index in [-0.39, 0.29) is 6.04 Å². The van der Waals surface area contributed by atoms with E-state index in [0.29, 0.717) is 0 Å². The maximum atomic E-state index is 10.5. The van der Waals surface area contributed by atoms with Gasteiger partial charge in [0.1, 0.15) is 0 Å². The third kappa shape index (κ3) is 1.85. The van der Waals surface area contributed by atoms with Crippen LogP contribution in [0.2, 0.25) is 0 Å². The summed E-state index contributed by atoms with van der Waals surface area (Å²) in [7, 11) is -2.30. The van der Waals surface area contributed by atoms with Crippen molar-refractivity contribution in [2.24, 2.45) is 4.36 Å². The molecule has 0 amide bonds. The Hall–Kier alpha value is -1.16. The Bertz CT molecular complexity index is 457. The Morgan fingerprint density at radius 2 is 2.07 bits per heavy atom. The summed E-state index contributed by atoms with van der Waals surface area (Å²) in [5.41, 5.74) is 2.31. The summed E-state index contributed by atoms with van der Waals surface area (Å²) in [6.07, 6.45) is 2.89. The van der Waals surface area contributed by atoms with Crippen molar-refractivity contribution >= 4 is 10.5 Å². The molecule has 4 heteroatoms. The predicted octanol–water partition coefficient (Wildman–Crippen LogP) is 2.13. The van der Waals surface area contributed by atoms with E-state index >= 15 is 0 Å². The molecule has 1 aromatic carbocycles. The summed E-state index contributed by atoms with van der Waals surface area (Å²) in [6.45, 7) is 0. The van der Waals surface area contributed by atoms with Crippen molar-refractivity contribution in [2.75, 3.05) is 0 Å². The van der Waals surface area contributed by atoms with Crippen molar-refractivity contribution in [3.8, 4) is 0 Å². The molecule has 1 unspecified atom stereocenters. The maximum absolute atomic E-state index is 10.5. The highest BCUT2D eigenvalue weighted by atomic mass is 32.2. The molecule has 1 atom stereocenters. The van der Waals surface area contributed by atoms with Gasteiger partial charge in [-0.25, -0.2) is 0 Å². The van der Waals surface area contributed by atoms with Gasteiger partial charge < -0.3 is 0 Å². The summed E-state index contributed by atoms with van der Waals surface area (Å²) >= 11 is 0. The first-order chi connectivity index (χ1) is 6.77. The van der Waals surface area contributed by atoms with Crippen molar-refractivity contribution in [3.05, 3.63) is 35.4 Å². The van der Waals surface area contributed by atoms with E-state index < -0.39 is 10.5 Å². The predicted molar refractivity (Wildman–Crippen MR) is 53.5 cm³/mol. The van der Waals surface area contributed by atoms with Gasteiger partial charge in [-0.2, -0.15) is 12.8 Å². The van der Waals surface area contributed by atoms with Crippen LogP contribution in [0.4, 0.5) is 0 Å². The first-order valence-electron chi connectivity index (χ1n) is 4.65. The summed E-state index contributed by atoms with van der Waals surface area (Å²) in [4.78, 5) is 0. The van der Waals surface area contributed by atoms with E-state index in [9.17, 15) is 8.42 Å². The molecule has 14 heavy (non-hydrogen) atoms. The van der Waals surface area contributed by atoms with Gasteiger partial charge in [0.25, 0.3) is 0 Å². The van der Waals surface area contributed by atoms with Crippen molar-refractivity contribution in [2.45, 2.75) is 25.3 Å². The van der Waals surface area contributed by atoms with Crippen LogP contribution in [0.1, 0.15) is 30.0 Å². The molecular weight excluding hydrogens is 198 g/mol. The van der Waals surface area contributed by atoms with Gasteiger partial charge in [0, 0.05) is 0 Å². The zero-order valence-corrected chi connectivity index (χ0v) is 8.50. The summed E-state index contributed by atoms with van der Waals surface area (Å²) in [5, 5.41) is 0. The lowest BCUT2D eigenvalue weighted by Gasteiger charge is -2.20. The third-order valence-corrected chi connectivity index (χ3v) is 2.98. The van der Waals surface area contributed by atoms with Crippen molar-refractivity contribution in [3.63, 3.8) is 0 Å². The number of aryl methyl sites for hydroxylation is 1. The van der Waals surface area contributed by atoms with E-state index in [1.54, 1.807) is 0 Å². The second-order valence-corrected chi connectivity index (χ2v) is 4.07. The Kier molecular flexibility index (Phi) is 2.63. The lowest BCUT2D eigenvalue weighted by Crippen LogP contribution is -2.07. The molecule has 3 nitrogen and oxygen atoms in total. The summed E-state index contributed by atoms with van der Waals surface area (Å²) in [6, 6.07) is 7.77. The largest absolute Gasteiger partial charge is 0.311 e. The molecule has 0 saturated carbocycles. The van der Waals surface area contributed by atoms with Crippen molar-refractivity contribution in [1.82, 2.24) is 0 Å². The summed E-state index contributed by atoms with van der Waals surface area (Å²) < 4.78 is 24.7. The van der Waals surface area contributed by atoms with Crippen LogP contribution < -0.4 is 0 Å². The zero-order valence-electron chi connectivity index (χ0n) is 7.68. The Balaban J connectivity index is 2.45. The number of hydrogen-bond acceptors (Lipinski definition) is 3. The number of fused-ring (bicyclic) bond motifs is 1. The zero-order chi connectivity index (χ0) is 9.97. The molecule has 0 aromatic heterocycles. The first-order valence-corrected chi connectivity index (χ1v) is 5.68. The van der Waals surface area contributed by atoms with Crippen LogP contribution in [0.3, 0.4) is 0 Å². The SMILES string of the molecule is O=S(=O)=NC1CCCc2ccccc21. The Morgan fingerprint density at radius 1 is 1.29 bits per heavy atom. The highest BCUT2D eigenvalue weighted by molar-refractivity contribution is 7.61. The Labute approximate surface area is 84.5 Å². The number of rotatable bonds is 1. The Morgan fingerprint density at radius 3 is 2.86 bits per heavy atom. The normalized spacial score (nSPS) is 19.9. The molecular formula is C10H11NO2S. The molecule has 1 aromatic rings. The minimum Gasteiger partial charge on any atom is -0.164 e. The molecule has 1 aliphatic carbocycles. The summed E-state index contributed by atoms with van der Waals surface area (Å²) in [5.74, 6) is 0. The monoisotopic (exact) mass is 209 g/mol. The first kappa shape index (κ1) is 9.40. The smallest absolute Gasteiger partial charge is 0.164 e. The van der Waals surface area contributed by atoms with Gasteiger partial charge in [0.05, 0.1) is 6.04 Å². The third-order valence-electron chi connectivity index (χ3n) is 2.55. The van der Waals surface area contributed by atoms with Crippen molar-refractivity contribution < 1.29 is 8.42 Å². The van der Waals surface area contributed by atoms with Crippen LogP contribution in [-0.4, -0.2) is 8.42 Å². The fraction of sp³-hybridized carbons (Fsp3) is 0.400. The molecule has 1 aliphatic rings.